The molecule has 0 saturated carbocycles. The standard InChI is InChI=1S/C4H4FN2/c1-3-2-6-7-4(3)5/h1H3,(H,6,7). The maximum absolute atomic E-state index is 11.9. The lowest BCUT2D eigenvalue weighted by Gasteiger charge is -1.71. The molecule has 0 saturated heterocycles. The van der Waals surface area contributed by atoms with E-state index in [-0.39, 0.29) is 0 Å². The van der Waals surface area contributed by atoms with Gasteiger partial charge in [0, 0.05) is 5.56 Å². The van der Waals surface area contributed by atoms with Crippen molar-refractivity contribution in [1.82, 2.24) is 10.2 Å². The first-order valence-corrected chi connectivity index (χ1v) is 1.89. The highest BCUT2D eigenvalue weighted by Crippen LogP contribution is 1.95. The van der Waals surface area contributed by atoms with E-state index < -0.39 is 5.95 Å². The zero-order valence-corrected chi connectivity index (χ0v) is 3.83. The fourth-order valence-electron chi connectivity index (χ4n) is 0.296. The second kappa shape index (κ2) is 1.33. The first kappa shape index (κ1) is 4.30. The van der Waals surface area contributed by atoms with Gasteiger partial charge in [-0.15, -0.1) is 5.10 Å². The summed E-state index contributed by atoms with van der Waals surface area (Å²) in [6, 6.07) is 0. The smallest absolute Gasteiger partial charge is 0.236 e. The minimum atomic E-state index is -0.472. The number of hydrogen-bond donors (Lipinski definition) is 1. The molecule has 1 N–H and O–H groups in total. The summed E-state index contributed by atoms with van der Waals surface area (Å²) in [5.74, 6) is -0.472. The van der Waals surface area contributed by atoms with Gasteiger partial charge in [-0.3, -0.25) is 5.10 Å². The van der Waals surface area contributed by atoms with E-state index in [4.69, 9.17) is 0 Å². The van der Waals surface area contributed by atoms with Crippen LogP contribution >= 0.6 is 0 Å². The van der Waals surface area contributed by atoms with Crippen LogP contribution in [-0.2, 0) is 0 Å². The van der Waals surface area contributed by atoms with E-state index >= 15 is 0 Å². The summed E-state index contributed by atoms with van der Waals surface area (Å²) in [7, 11) is 0. The van der Waals surface area contributed by atoms with E-state index in [0.717, 1.165) is 0 Å². The summed E-state index contributed by atoms with van der Waals surface area (Å²) in [5, 5.41) is 5.42. The largest absolute Gasteiger partial charge is 0.273 e. The van der Waals surface area contributed by atoms with Crippen molar-refractivity contribution in [2.45, 2.75) is 6.92 Å². The molecule has 1 radical (unpaired) electrons. The molecule has 0 aliphatic heterocycles. The van der Waals surface area contributed by atoms with Crippen LogP contribution < -0.4 is 0 Å². The number of nitrogens with one attached hydrogen (secondary N) is 1. The first-order chi connectivity index (χ1) is 3.30. The van der Waals surface area contributed by atoms with Gasteiger partial charge in [0.15, 0.2) is 0 Å². The Morgan fingerprint density at radius 3 is 2.71 bits per heavy atom. The number of H-pyrrole nitrogens is 1. The van der Waals surface area contributed by atoms with Crippen molar-refractivity contribution < 1.29 is 4.39 Å². The number of hydrogen-bond acceptors (Lipinski definition) is 1. The molecule has 37 valence electrons. The van der Waals surface area contributed by atoms with Crippen LogP contribution in [0, 0.1) is 19.1 Å². The number of aryl methyl sites for hydroxylation is 1. The molecule has 0 amide bonds. The third-order valence-corrected chi connectivity index (χ3v) is 0.707. The third kappa shape index (κ3) is 0.607. The van der Waals surface area contributed by atoms with Crippen LogP contribution in [0.4, 0.5) is 4.39 Å². The van der Waals surface area contributed by atoms with Crippen LogP contribution in [0.15, 0.2) is 0 Å². The summed E-state index contributed by atoms with van der Waals surface area (Å²) in [4.78, 5) is 0. The van der Waals surface area contributed by atoms with Crippen molar-refractivity contribution >= 4 is 0 Å². The molecule has 0 aliphatic rings. The molecule has 1 rings (SSSR count). The minimum Gasteiger partial charge on any atom is -0.273 e. The Labute approximate surface area is 40.4 Å². The van der Waals surface area contributed by atoms with Gasteiger partial charge in [0.25, 0.3) is 0 Å². The molecule has 0 spiro atoms. The second-order valence-electron chi connectivity index (χ2n) is 1.26. The molecule has 0 aromatic carbocycles. The number of halogens is 1. The quantitative estimate of drug-likeness (QED) is 0.508. The van der Waals surface area contributed by atoms with Gasteiger partial charge >= 0.3 is 0 Å². The van der Waals surface area contributed by atoms with Gasteiger partial charge in [-0.1, -0.05) is 0 Å². The Hall–Kier alpha value is -0.860. The van der Waals surface area contributed by atoms with E-state index in [1.54, 1.807) is 6.92 Å². The molecule has 0 atom stereocenters. The highest BCUT2D eigenvalue weighted by Gasteiger charge is 1.94. The van der Waals surface area contributed by atoms with Crippen molar-refractivity contribution in [3.63, 3.8) is 0 Å². The molecule has 0 fully saturated rings. The molecule has 2 nitrogen and oxygen atoms in total. The van der Waals surface area contributed by atoms with Crippen LogP contribution in [0.1, 0.15) is 5.56 Å². The number of nitrogens with zero attached hydrogens (tertiary/aromatic N) is 1. The number of aromatic nitrogens is 2. The van der Waals surface area contributed by atoms with Crippen LogP contribution in [0.2, 0.25) is 0 Å². The molecule has 1 aromatic heterocycles. The lowest BCUT2D eigenvalue weighted by atomic mass is 10.4. The van der Waals surface area contributed by atoms with E-state index in [0.29, 0.717) is 5.56 Å². The Morgan fingerprint density at radius 2 is 2.57 bits per heavy atom. The van der Waals surface area contributed by atoms with E-state index in [1.807, 2.05) is 0 Å². The molecule has 0 aliphatic carbocycles. The first-order valence-electron chi connectivity index (χ1n) is 1.89. The zero-order valence-electron chi connectivity index (χ0n) is 3.83. The Bertz CT molecular complexity index is 142. The van der Waals surface area contributed by atoms with Crippen molar-refractivity contribution in [2.75, 3.05) is 0 Å². The normalized spacial score (nSPS) is 9.43. The van der Waals surface area contributed by atoms with Crippen LogP contribution in [0.3, 0.4) is 0 Å². The van der Waals surface area contributed by atoms with Gasteiger partial charge < -0.3 is 0 Å². The maximum atomic E-state index is 11.9. The van der Waals surface area contributed by atoms with Gasteiger partial charge in [-0.2, -0.15) is 4.39 Å². The second-order valence-corrected chi connectivity index (χ2v) is 1.26. The summed E-state index contributed by atoms with van der Waals surface area (Å²) < 4.78 is 11.9. The van der Waals surface area contributed by atoms with Gasteiger partial charge in [0.05, 0.1) is 6.20 Å². The zero-order chi connectivity index (χ0) is 5.28. The Morgan fingerprint density at radius 1 is 1.86 bits per heavy atom. The fraction of sp³-hybridized carbons (Fsp3) is 0.250. The highest BCUT2D eigenvalue weighted by molar-refractivity contribution is 4.98. The number of rotatable bonds is 0. The van der Waals surface area contributed by atoms with Crippen LogP contribution in [0.5, 0.6) is 0 Å². The molecule has 7 heavy (non-hydrogen) atoms. The van der Waals surface area contributed by atoms with Crippen LogP contribution in [-0.4, -0.2) is 10.2 Å². The van der Waals surface area contributed by atoms with Gasteiger partial charge in [-0.05, 0) is 6.92 Å². The molecule has 0 bridgehead atoms. The summed E-state index contributed by atoms with van der Waals surface area (Å²) in [6.45, 7) is 1.60. The average Bonchev–Trinajstić information content (AvgIpc) is 1.91. The van der Waals surface area contributed by atoms with E-state index in [9.17, 15) is 4.39 Å². The molecule has 3 heteroatoms. The van der Waals surface area contributed by atoms with Crippen molar-refractivity contribution in [3.8, 4) is 0 Å². The third-order valence-electron chi connectivity index (χ3n) is 0.707. The lowest BCUT2D eigenvalue weighted by Crippen LogP contribution is -1.72. The topological polar surface area (TPSA) is 28.7 Å². The van der Waals surface area contributed by atoms with Gasteiger partial charge in [-0.25, -0.2) is 0 Å². The molecule has 0 unspecified atom stereocenters. The molecule has 1 heterocycles. The maximum Gasteiger partial charge on any atom is 0.236 e. The number of aromatic amines is 1. The monoisotopic (exact) mass is 99.0 g/mol. The summed E-state index contributed by atoms with van der Waals surface area (Å²) >= 11 is 0. The lowest BCUT2D eigenvalue weighted by molar-refractivity contribution is 0.572. The van der Waals surface area contributed by atoms with Gasteiger partial charge in [0.1, 0.15) is 0 Å². The van der Waals surface area contributed by atoms with E-state index in [1.165, 1.54) is 0 Å². The SMILES string of the molecule is Cc1[c][nH]nc1F. The Kier molecular flexibility index (Phi) is 0.817. The molecular formula is C4H4FN2. The molecule has 1 aromatic rings. The summed E-state index contributed by atoms with van der Waals surface area (Å²) in [6.07, 6.45) is 2.46. The van der Waals surface area contributed by atoms with Crippen molar-refractivity contribution in [3.05, 3.63) is 17.7 Å². The average molecular weight is 99.1 g/mol. The Balaban J connectivity index is 3.12. The predicted octanol–water partition coefficient (Wildman–Crippen LogP) is 0.657. The highest BCUT2D eigenvalue weighted by atomic mass is 19.1. The fourth-order valence-corrected chi connectivity index (χ4v) is 0.296. The van der Waals surface area contributed by atoms with E-state index in [2.05, 4.69) is 16.4 Å². The minimum absolute atomic E-state index is 0.431. The van der Waals surface area contributed by atoms with Crippen molar-refractivity contribution in [1.29, 1.82) is 0 Å². The van der Waals surface area contributed by atoms with Crippen molar-refractivity contribution in [2.24, 2.45) is 0 Å². The van der Waals surface area contributed by atoms with Gasteiger partial charge in [0.2, 0.25) is 5.95 Å². The summed E-state index contributed by atoms with van der Waals surface area (Å²) in [5.41, 5.74) is 0.431. The molecular weight excluding hydrogens is 95.1 g/mol. The van der Waals surface area contributed by atoms with Crippen LogP contribution in [0.25, 0.3) is 0 Å². The predicted molar refractivity (Wildman–Crippen MR) is 22.1 cm³/mol.